The highest BCUT2D eigenvalue weighted by atomic mass is 79.9. The molecule has 0 bridgehead atoms. The van der Waals surface area contributed by atoms with Crippen LogP contribution in [0.15, 0.2) is 56.3 Å². The van der Waals surface area contributed by atoms with Crippen molar-refractivity contribution in [3.63, 3.8) is 0 Å². The maximum atomic E-state index is 12.2. The molecule has 0 heterocycles. The Balaban J connectivity index is 2.14. The third-order valence-corrected chi connectivity index (χ3v) is 5.72. The van der Waals surface area contributed by atoms with Gasteiger partial charge < -0.3 is 0 Å². The van der Waals surface area contributed by atoms with E-state index in [0.717, 1.165) is 10.0 Å². The zero-order valence-electron chi connectivity index (χ0n) is 10.1. The molecule has 2 rings (SSSR count). The summed E-state index contributed by atoms with van der Waals surface area (Å²) in [6, 6.07) is 11.9. The number of nitrogens with one attached hydrogen (secondary N) is 1. The Bertz CT molecular complexity index is 718. The van der Waals surface area contributed by atoms with Crippen molar-refractivity contribution >= 4 is 53.5 Å². The van der Waals surface area contributed by atoms with Crippen molar-refractivity contribution in [2.45, 2.75) is 11.4 Å². The third kappa shape index (κ3) is 4.05. The molecule has 0 saturated carbocycles. The smallest absolute Gasteiger partial charge is 0.207 e. The first kappa shape index (κ1) is 16.0. The van der Waals surface area contributed by atoms with Gasteiger partial charge in [-0.05, 0) is 51.8 Å². The van der Waals surface area contributed by atoms with E-state index in [1.807, 2.05) is 24.3 Å². The first-order valence-electron chi connectivity index (χ1n) is 5.58. The van der Waals surface area contributed by atoms with Gasteiger partial charge in [0.15, 0.2) is 0 Å². The number of sulfonamides is 1. The highest BCUT2D eigenvalue weighted by Gasteiger charge is 2.14. The fourth-order valence-corrected chi connectivity index (χ4v) is 3.46. The molecular formula is C13H10Br2ClNO2S. The zero-order chi connectivity index (χ0) is 14.8. The fourth-order valence-electron chi connectivity index (χ4n) is 1.51. The first-order chi connectivity index (χ1) is 9.38. The van der Waals surface area contributed by atoms with Crippen LogP contribution in [0.3, 0.4) is 0 Å². The summed E-state index contributed by atoms with van der Waals surface area (Å²) in [5, 5.41) is 0.469. The van der Waals surface area contributed by atoms with Gasteiger partial charge in [-0.1, -0.05) is 39.7 Å². The van der Waals surface area contributed by atoms with Crippen molar-refractivity contribution in [1.29, 1.82) is 0 Å². The molecule has 20 heavy (non-hydrogen) atoms. The lowest BCUT2D eigenvalue weighted by atomic mass is 10.2. The summed E-state index contributed by atoms with van der Waals surface area (Å²) in [7, 11) is -3.56. The maximum Gasteiger partial charge on any atom is 0.240 e. The van der Waals surface area contributed by atoms with Gasteiger partial charge in [0.25, 0.3) is 0 Å². The molecule has 1 N–H and O–H groups in total. The van der Waals surface area contributed by atoms with Gasteiger partial charge >= 0.3 is 0 Å². The Hall–Kier alpha value is -0.400. The molecule has 0 aliphatic rings. The van der Waals surface area contributed by atoms with Gasteiger partial charge in [0.05, 0.1) is 9.92 Å². The average molecular weight is 440 g/mol. The van der Waals surface area contributed by atoms with Crippen molar-refractivity contribution in [1.82, 2.24) is 4.72 Å². The summed E-state index contributed by atoms with van der Waals surface area (Å²) >= 11 is 12.4. The highest BCUT2D eigenvalue weighted by Crippen LogP contribution is 2.25. The van der Waals surface area contributed by atoms with Gasteiger partial charge in [-0.25, -0.2) is 13.1 Å². The molecule has 2 aromatic rings. The van der Waals surface area contributed by atoms with Crippen molar-refractivity contribution < 1.29 is 8.42 Å². The molecule has 0 radical (unpaired) electrons. The van der Waals surface area contributed by atoms with Crippen molar-refractivity contribution in [2.24, 2.45) is 0 Å². The SMILES string of the molecule is O=S(=O)(NCc1ccc(Br)cc1)c1ccc(Cl)c(Br)c1. The topological polar surface area (TPSA) is 46.2 Å². The minimum absolute atomic E-state index is 0.172. The molecule has 0 atom stereocenters. The predicted molar refractivity (Wildman–Crippen MR) is 87.3 cm³/mol. The van der Waals surface area contributed by atoms with Crippen molar-refractivity contribution in [2.75, 3.05) is 0 Å². The number of hydrogen-bond donors (Lipinski definition) is 1. The van der Waals surface area contributed by atoms with Crippen LogP contribution >= 0.6 is 43.5 Å². The second-order valence-corrected chi connectivity index (χ2v) is 7.97. The average Bonchev–Trinajstić information content (AvgIpc) is 2.41. The summed E-state index contributed by atoms with van der Waals surface area (Å²) < 4.78 is 28.4. The molecule has 0 fully saturated rings. The van der Waals surface area contributed by atoms with E-state index in [4.69, 9.17) is 11.6 Å². The quantitative estimate of drug-likeness (QED) is 0.770. The van der Waals surface area contributed by atoms with Crippen LogP contribution in [0, 0.1) is 0 Å². The molecule has 0 aliphatic carbocycles. The molecule has 2 aromatic carbocycles. The molecule has 3 nitrogen and oxygen atoms in total. The Labute approximate surface area is 139 Å². The fraction of sp³-hybridized carbons (Fsp3) is 0.0769. The number of hydrogen-bond acceptors (Lipinski definition) is 2. The Morgan fingerprint density at radius 1 is 1.05 bits per heavy atom. The summed E-state index contributed by atoms with van der Waals surface area (Å²) in [6.45, 7) is 0.232. The van der Waals surface area contributed by atoms with Crippen LogP contribution in [0.25, 0.3) is 0 Å². The number of halogens is 3. The van der Waals surface area contributed by atoms with E-state index >= 15 is 0 Å². The molecule has 0 unspecified atom stereocenters. The van der Waals surface area contributed by atoms with E-state index in [1.54, 1.807) is 6.07 Å². The molecular weight excluding hydrogens is 429 g/mol. The molecule has 0 saturated heterocycles. The van der Waals surface area contributed by atoms with Crippen LogP contribution in [0.1, 0.15) is 5.56 Å². The standard InChI is InChI=1S/C13H10Br2ClNO2S/c14-10-3-1-9(2-4-10)8-17-20(18,19)11-5-6-13(16)12(15)7-11/h1-7,17H,8H2. The third-order valence-electron chi connectivity index (χ3n) is 2.58. The van der Waals surface area contributed by atoms with Gasteiger partial charge in [-0.2, -0.15) is 0 Å². The zero-order valence-corrected chi connectivity index (χ0v) is 14.9. The van der Waals surface area contributed by atoms with Crippen molar-refractivity contribution in [3.05, 3.63) is 62.0 Å². The lowest BCUT2D eigenvalue weighted by molar-refractivity contribution is 0.581. The summed E-state index contributed by atoms with van der Waals surface area (Å²) in [6.07, 6.45) is 0. The maximum absolute atomic E-state index is 12.2. The Morgan fingerprint density at radius 3 is 2.30 bits per heavy atom. The first-order valence-corrected chi connectivity index (χ1v) is 9.02. The van der Waals surface area contributed by atoms with Gasteiger partial charge in [0.1, 0.15) is 0 Å². The van der Waals surface area contributed by atoms with Crippen LogP contribution in [0.5, 0.6) is 0 Å². The minimum Gasteiger partial charge on any atom is -0.207 e. The summed E-state index contributed by atoms with van der Waals surface area (Å²) in [5.41, 5.74) is 0.879. The van der Waals surface area contributed by atoms with Crippen LogP contribution in [-0.2, 0) is 16.6 Å². The summed E-state index contributed by atoms with van der Waals surface area (Å²) in [4.78, 5) is 0.172. The lowest BCUT2D eigenvalue weighted by Gasteiger charge is -2.08. The van der Waals surface area contributed by atoms with Crippen LogP contribution in [0.2, 0.25) is 5.02 Å². The number of rotatable bonds is 4. The highest BCUT2D eigenvalue weighted by molar-refractivity contribution is 9.10. The Kier molecular flexibility index (Phi) is 5.25. The Morgan fingerprint density at radius 2 is 1.70 bits per heavy atom. The van der Waals surface area contributed by atoms with Crippen molar-refractivity contribution in [3.8, 4) is 0 Å². The normalized spacial score (nSPS) is 11.6. The van der Waals surface area contributed by atoms with Gasteiger partial charge in [-0.3, -0.25) is 0 Å². The second kappa shape index (κ2) is 6.58. The van der Waals surface area contributed by atoms with Crippen LogP contribution < -0.4 is 4.72 Å². The van der Waals surface area contributed by atoms with E-state index in [1.165, 1.54) is 12.1 Å². The van der Waals surface area contributed by atoms with E-state index in [9.17, 15) is 8.42 Å². The monoisotopic (exact) mass is 437 g/mol. The summed E-state index contributed by atoms with van der Waals surface area (Å²) in [5.74, 6) is 0. The van der Waals surface area contributed by atoms with Gasteiger partial charge in [0.2, 0.25) is 10.0 Å². The van der Waals surface area contributed by atoms with Crippen LogP contribution in [0.4, 0.5) is 0 Å². The largest absolute Gasteiger partial charge is 0.240 e. The van der Waals surface area contributed by atoms with Gasteiger partial charge in [0, 0.05) is 15.5 Å². The predicted octanol–water partition coefficient (Wildman–Crippen LogP) is 4.34. The molecule has 0 spiro atoms. The van der Waals surface area contributed by atoms with Crippen LogP contribution in [-0.4, -0.2) is 8.42 Å². The second-order valence-electron chi connectivity index (χ2n) is 4.03. The lowest BCUT2D eigenvalue weighted by Crippen LogP contribution is -2.23. The molecule has 0 aromatic heterocycles. The molecule has 7 heteroatoms. The van der Waals surface area contributed by atoms with E-state index in [-0.39, 0.29) is 11.4 Å². The molecule has 0 amide bonds. The van der Waals surface area contributed by atoms with E-state index in [2.05, 4.69) is 36.6 Å². The minimum atomic E-state index is -3.56. The molecule has 0 aliphatic heterocycles. The van der Waals surface area contributed by atoms with E-state index in [0.29, 0.717) is 9.50 Å². The van der Waals surface area contributed by atoms with E-state index < -0.39 is 10.0 Å². The van der Waals surface area contributed by atoms with Gasteiger partial charge in [-0.15, -0.1) is 0 Å². The number of benzene rings is 2. The molecule has 106 valence electrons.